The molecule has 0 aliphatic heterocycles. The summed E-state index contributed by atoms with van der Waals surface area (Å²) in [4.78, 5) is 3.62. The van der Waals surface area contributed by atoms with Gasteiger partial charge in [0.25, 0.3) is 0 Å². The second-order valence-electron chi connectivity index (χ2n) is 5.15. The highest BCUT2D eigenvalue weighted by Gasteiger charge is 2.35. The van der Waals surface area contributed by atoms with Crippen LogP contribution in [-0.4, -0.2) is 25.6 Å². The summed E-state index contributed by atoms with van der Waals surface area (Å²) in [6.45, 7) is 0. The number of pyridine rings is 1. The first-order chi connectivity index (χ1) is 13.4. The number of nitrogens with one attached hydrogen (secondary N) is 2. The molecule has 0 saturated heterocycles. The maximum Gasteiger partial charge on any atom is 0.421 e. The van der Waals surface area contributed by atoms with Gasteiger partial charge < -0.3 is 10.1 Å². The number of anilines is 1. The fraction of sp³-hybridized carbons (Fsp3) is 0.0625. The summed E-state index contributed by atoms with van der Waals surface area (Å²) in [5.74, 6) is -0.531. The van der Waals surface area contributed by atoms with E-state index in [2.05, 4.69) is 30.9 Å². The standard InChI is InChI=1S/C16H9ClF3N7O/c17-12-6-10(23-8-9(7-21)14-24-26-27-25-14)3-4-13(12)28-15-11(16(18,19)20)2-1-5-22-15/h1-6,8,23H,(H,24,25,26,27). The second kappa shape index (κ2) is 7.93. The van der Waals surface area contributed by atoms with E-state index in [-0.39, 0.29) is 22.2 Å². The highest BCUT2D eigenvalue weighted by Crippen LogP contribution is 2.38. The first-order valence-corrected chi connectivity index (χ1v) is 7.86. The summed E-state index contributed by atoms with van der Waals surface area (Å²) in [5, 5.41) is 24.9. The van der Waals surface area contributed by atoms with Gasteiger partial charge in [0.05, 0.1) is 5.02 Å². The van der Waals surface area contributed by atoms with E-state index in [1.54, 1.807) is 0 Å². The van der Waals surface area contributed by atoms with Crippen molar-refractivity contribution in [3.05, 3.63) is 59.1 Å². The molecule has 0 aliphatic carbocycles. The van der Waals surface area contributed by atoms with E-state index >= 15 is 0 Å². The molecule has 0 bridgehead atoms. The Kier molecular flexibility index (Phi) is 5.42. The monoisotopic (exact) mass is 407 g/mol. The summed E-state index contributed by atoms with van der Waals surface area (Å²) in [5.41, 5.74) is -0.464. The van der Waals surface area contributed by atoms with E-state index in [1.165, 1.54) is 30.6 Å². The zero-order valence-electron chi connectivity index (χ0n) is 13.7. The van der Waals surface area contributed by atoms with Crippen LogP contribution >= 0.6 is 11.6 Å². The number of rotatable bonds is 5. The predicted octanol–water partition coefficient (Wildman–Crippen LogP) is 4.04. The van der Waals surface area contributed by atoms with Gasteiger partial charge in [0.1, 0.15) is 23.0 Å². The highest BCUT2D eigenvalue weighted by molar-refractivity contribution is 6.32. The van der Waals surface area contributed by atoms with Crippen molar-refractivity contribution in [1.29, 1.82) is 5.26 Å². The average molecular weight is 408 g/mol. The lowest BCUT2D eigenvalue weighted by Crippen LogP contribution is -2.08. The van der Waals surface area contributed by atoms with Gasteiger partial charge in [-0.2, -0.15) is 23.6 Å². The number of ether oxygens (including phenoxy) is 1. The Morgan fingerprint density at radius 1 is 1.32 bits per heavy atom. The number of aromatic amines is 1. The number of hydrogen-bond donors (Lipinski definition) is 2. The van der Waals surface area contributed by atoms with Crippen LogP contribution in [0.4, 0.5) is 18.9 Å². The van der Waals surface area contributed by atoms with Gasteiger partial charge >= 0.3 is 6.18 Å². The Balaban J connectivity index is 1.80. The van der Waals surface area contributed by atoms with E-state index in [0.29, 0.717) is 5.69 Å². The van der Waals surface area contributed by atoms with Crippen molar-refractivity contribution in [3.8, 4) is 17.7 Å². The smallest absolute Gasteiger partial charge is 0.421 e. The summed E-state index contributed by atoms with van der Waals surface area (Å²) in [6, 6.07) is 8.19. The number of hydrogen-bond acceptors (Lipinski definition) is 7. The van der Waals surface area contributed by atoms with Crippen molar-refractivity contribution in [3.63, 3.8) is 0 Å². The van der Waals surface area contributed by atoms with Gasteiger partial charge in [0, 0.05) is 18.1 Å². The Hall–Kier alpha value is -3.65. The van der Waals surface area contributed by atoms with Crippen molar-refractivity contribution in [2.45, 2.75) is 6.18 Å². The molecule has 8 nitrogen and oxygen atoms in total. The largest absolute Gasteiger partial charge is 0.437 e. The molecule has 0 saturated carbocycles. The normalized spacial score (nSPS) is 11.8. The van der Waals surface area contributed by atoms with Crippen molar-refractivity contribution < 1.29 is 17.9 Å². The minimum absolute atomic E-state index is 0.0147. The lowest BCUT2D eigenvalue weighted by molar-refractivity contribution is -0.138. The Morgan fingerprint density at radius 3 is 2.79 bits per heavy atom. The topological polar surface area (TPSA) is 112 Å². The highest BCUT2D eigenvalue weighted by atomic mass is 35.5. The van der Waals surface area contributed by atoms with E-state index in [4.69, 9.17) is 21.6 Å². The molecule has 0 unspecified atom stereocenters. The van der Waals surface area contributed by atoms with Gasteiger partial charge in [-0.25, -0.2) is 4.98 Å². The quantitative estimate of drug-likeness (QED) is 0.614. The number of tetrazole rings is 1. The second-order valence-corrected chi connectivity index (χ2v) is 5.56. The van der Waals surface area contributed by atoms with Crippen molar-refractivity contribution >= 4 is 22.9 Å². The third-order valence-electron chi connectivity index (χ3n) is 3.30. The number of alkyl halides is 3. The third-order valence-corrected chi connectivity index (χ3v) is 3.60. The molecule has 2 heterocycles. The molecule has 142 valence electrons. The molecule has 3 aromatic rings. The number of aromatic nitrogens is 5. The van der Waals surface area contributed by atoms with E-state index in [1.807, 2.05) is 6.07 Å². The van der Waals surface area contributed by atoms with Crippen molar-refractivity contribution in [2.75, 3.05) is 5.32 Å². The van der Waals surface area contributed by atoms with Gasteiger partial charge in [-0.05, 0) is 35.5 Å². The molecule has 1 aromatic carbocycles. The summed E-state index contributed by atoms with van der Waals surface area (Å²) in [6.07, 6.45) is -2.11. The zero-order chi connectivity index (χ0) is 20.1. The lowest BCUT2D eigenvalue weighted by atomic mass is 10.2. The van der Waals surface area contributed by atoms with Crippen molar-refractivity contribution in [1.82, 2.24) is 25.6 Å². The fourth-order valence-electron chi connectivity index (χ4n) is 2.04. The van der Waals surface area contributed by atoms with E-state index in [9.17, 15) is 13.2 Å². The number of nitrogens with zero attached hydrogens (tertiary/aromatic N) is 5. The van der Waals surface area contributed by atoms with Gasteiger partial charge in [-0.3, -0.25) is 0 Å². The number of benzene rings is 1. The molecule has 0 spiro atoms. The van der Waals surface area contributed by atoms with Crippen LogP contribution in [0, 0.1) is 11.3 Å². The SMILES string of the molecule is N#CC(=CNc1ccc(Oc2ncccc2C(F)(F)F)c(Cl)c1)c1nn[nH]n1. The maximum atomic E-state index is 13.0. The van der Waals surface area contributed by atoms with Crippen LogP contribution < -0.4 is 10.1 Å². The predicted molar refractivity (Wildman–Crippen MR) is 92.2 cm³/mol. The van der Waals surface area contributed by atoms with E-state index in [0.717, 1.165) is 12.1 Å². The molecule has 0 radical (unpaired) electrons. The first kappa shape index (κ1) is 19.1. The molecule has 3 rings (SSSR count). The van der Waals surface area contributed by atoms with Gasteiger partial charge in [-0.15, -0.1) is 10.2 Å². The van der Waals surface area contributed by atoms with Crippen LogP contribution in [0.15, 0.2) is 42.7 Å². The van der Waals surface area contributed by atoms with Crippen molar-refractivity contribution in [2.24, 2.45) is 0 Å². The molecule has 2 N–H and O–H groups in total. The Morgan fingerprint density at radius 2 is 2.14 bits per heavy atom. The summed E-state index contributed by atoms with van der Waals surface area (Å²) < 4.78 is 44.3. The van der Waals surface area contributed by atoms with Crippen LogP contribution in [0.1, 0.15) is 11.4 Å². The molecule has 0 aliphatic rings. The average Bonchev–Trinajstić information content (AvgIpc) is 3.18. The number of halogens is 4. The molecule has 0 amide bonds. The molecular formula is C16H9ClF3N7O. The lowest BCUT2D eigenvalue weighted by Gasteiger charge is -2.13. The zero-order valence-corrected chi connectivity index (χ0v) is 14.5. The molecule has 28 heavy (non-hydrogen) atoms. The van der Waals surface area contributed by atoms with Gasteiger partial charge in [-0.1, -0.05) is 11.6 Å². The van der Waals surface area contributed by atoms with Crippen LogP contribution in [0.5, 0.6) is 11.6 Å². The fourth-order valence-corrected chi connectivity index (χ4v) is 2.26. The van der Waals surface area contributed by atoms with Crippen LogP contribution in [0.25, 0.3) is 5.57 Å². The van der Waals surface area contributed by atoms with E-state index < -0.39 is 17.6 Å². The minimum Gasteiger partial charge on any atom is -0.437 e. The molecule has 0 atom stereocenters. The third kappa shape index (κ3) is 4.36. The molecule has 2 aromatic heterocycles. The first-order valence-electron chi connectivity index (χ1n) is 7.48. The molecule has 12 heteroatoms. The van der Waals surface area contributed by atoms with Gasteiger partial charge in [0.2, 0.25) is 11.7 Å². The molecule has 0 fully saturated rings. The number of H-pyrrole nitrogens is 1. The Labute approximate surface area is 160 Å². The molecular weight excluding hydrogens is 399 g/mol. The van der Waals surface area contributed by atoms with Crippen LogP contribution in [0.3, 0.4) is 0 Å². The summed E-state index contributed by atoms with van der Waals surface area (Å²) in [7, 11) is 0. The van der Waals surface area contributed by atoms with Gasteiger partial charge in [0.15, 0.2) is 0 Å². The Bertz CT molecular complexity index is 1050. The summed E-state index contributed by atoms with van der Waals surface area (Å²) >= 11 is 6.10. The van der Waals surface area contributed by atoms with Crippen LogP contribution in [-0.2, 0) is 6.18 Å². The number of allylic oxidation sites excluding steroid dienone is 1. The maximum absolute atomic E-state index is 13.0. The minimum atomic E-state index is -4.62. The van der Waals surface area contributed by atoms with Crippen LogP contribution in [0.2, 0.25) is 5.02 Å². The number of nitriles is 1.